The molecule has 0 aliphatic rings. The van der Waals surface area contributed by atoms with E-state index in [1.54, 1.807) is 0 Å². The molecule has 35 heavy (non-hydrogen) atoms. The van der Waals surface area contributed by atoms with Crippen LogP contribution in [0.25, 0.3) is 22.4 Å². The van der Waals surface area contributed by atoms with Crippen LogP contribution in [0.2, 0.25) is 0 Å². The Morgan fingerprint density at radius 3 is 2.09 bits per heavy atom. The van der Waals surface area contributed by atoms with Crippen LogP contribution in [0.15, 0.2) is 133 Å². The number of aliphatic imine (C=N–C) groups is 1. The Hall–Kier alpha value is -4.04. The maximum Gasteiger partial charge on any atom is 0.117 e. The Kier molecular flexibility index (Phi) is 8.19. The molecule has 4 aromatic rings. The van der Waals surface area contributed by atoms with E-state index in [0.29, 0.717) is 11.8 Å². The fraction of sp³-hybridized carbons (Fsp3) is 0.152. The maximum absolute atomic E-state index is 5.06. The van der Waals surface area contributed by atoms with Gasteiger partial charge in [0.05, 0.1) is 11.4 Å². The molecule has 0 saturated heterocycles. The van der Waals surface area contributed by atoms with E-state index in [1.165, 1.54) is 5.56 Å². The van der Waals surface area contributed by atoms with Gasteiger partial charge in [0.15, 0.2) is 0 Å². The van der Waals surface area contributed by atoms with Crippen molar-refractivity contribution in [1.82, 2.24) is 4.98 Å². The van der Waals surface area contributed by atoms with Gasteiger partial charge in [0.1, 0.15) is 6.04 Å². The summed E-state index contributed by atoms with van der Waals surface area (Å²) in [6.07, 6.45) is 8.09. The zero-order chi connectivity index (χ0) is 24.5. The Morgan fingerprint density at radius 1 is 0.743 bits per heavy atom. The summed E-state index contributed by atoms with van der Waals surface area (Å²) in [4.78, 5) is 10.1. The van der Waals surface area contributed by atoms with Crippen LogP contribution in [-0.4, -0.2) is 11.2 Å². The summed E-state index contributed by atoms with van der Waals surface area (Å²) in [7, 11) is 0. The lowest BCUT2D eigenvalue weighted by molar-refractivity contribution is 0.551. The van der Waals surface area contributed by atoms with Crippen molar-refractivity contribution in [3.63, 3.8) is 0 Å². The van der Waals surface area contributed by atoms with Gasteiger partial charge in [-0.25, -0.2) is 0 Å². The molecule has 0 aliphatic heterocycles. The SMILES string of the molecule is C=CC(C=CC=NC(c1cccc(-c2ccccc2)n1)c1ccccc1-c1ccccc1)C(C)C. The standard InChI is InChI=1S/C33H32N2/c1-4-26(25(2)3)19-14-24-34-33(30-21-12-11-20-29(30)27-15-7-5-8-16-27)32-23-13-22-31(35-32)28-17-9-6-10-18-28/h4-26,33H,1H2,2-3H3. The van der Waals surface area contributed by atoms with Gasteiger partial charge in [-0.15, -0.1) is 6.58 Å². The summed E-state index contributed by atoms with van der Waals surface area (Å²) in [5.41, 5.74) is 6.43. The van der Waals surface area contributed by atoms with Gasteiger partial charge in [0.25, 0.3) is 0 Å². The number of pyridine rings is 1. The van der Waals surface area contributed by atoms with Crippen LogP contribution < -0.4 is 0 Å². The highest BCUT2D eigenvalue weighted by Crippen LogP contribution is 2.34. The van der Waals surface area contributed by atoms with Crippen LogP contribution >= 0.6 is 0 Å². The Morgan fingerprint density at radius 2 is 1.40 bits per heavy atom. The molecule has 0 fully saturated rings. The summed E-state index contributed by atoms with van der Waals surface area (Å²) in [5, 5.41) is 0. The van der Waals surface area contributed by atoms with Crippen LogP contribution in [0.5, 0.6) is 0 Å². The zero-order valence-electron chi connectivity index (χ0n) is 20.5. The summed E-state index contributed by atoms with van der Waals surface area (Å²) < 4.78 is 0. The molecule has 2 heteroatoms. The Labute approximate surface area is 209 Å². The van der Waals surface area contributed by atoms with E-state index in [-0.39, 0.29) is 6.04 Å². The van der Waals surface area contributed by atoms with Crippen molar-refractivity contribution in [3.05, 3.63) is 139 Å². The Bertz CT molecular complexity index is 1290. The lowest BCUT2D eigenvalue weighted by Crippen LogP contribution is -2.04. The van der Waals surface area contributed by atoms with E-state index < -0.39 is 0 Å². The van der Waals surface area contributed by atoms with Crippen molar-refractivity contribution in [1.29, 1.82) is 0 Å². The van der Waals surface area contributed by atoms with Gasteiger partial charge in [-0.1, -0.05) is 117 Å². The minimum Gasteiger partial charge on any atom is -0.279 e. The second-order valence-electron chi connectivity index (χ2n) is 8.91. The van der Waals surface area contributed by atoms with Crippen LogP contribution in [0.1, 0.15) is 31.1 Å². The molecule has 0 N–H and O–H groups in total. The number of allylic oxidation sites excluding steroid dienone is 3. The third kappa shape index (κ3) is 6.10. The van der Waals surface area contributed by atoms with Gasteiger partial charge >= 0.3 is 0 Å². The molecular weight excluding hydrogens is 424 g/mol. The number of hydrogen-bond donors (Lipinski definition) is 0. The lowest BCUT2D eigenvalue weighted by Gasteiger charge is -2.18. The molecule has 0 saturated carbocycles. The highest BCUT2D eigenvalue weighted by atomic mass is 14.8. The second kappa shape index (κ2) is 11.9. The molecule has 2 nitrogen and oxygen atoms in total. The summed E-state index contributed by atoms with van der Waals surface area (Å²) in [6.45, 7) is 8.37. The average Bonchev–Trinajstić information content (AvgIpc) is 2.92. The second-order valence-corrected chi connectivity index (χ2v) is 8.91. The third-order valence-corrected chi connectivity index (χ3v) is 6.16. The van der Waals surface area contributed by atoms with Crippen LogP contribution in [0.4, 0.5) is 0 Å². The van der Waals surface area contributed by atoms with Gasteiger partial charge in [-0.05, 0) is 46.7 Å². The van der Waals surface area contributed by atoms with Gasteiger partial charge in [0, 0.05) is 11.8 Å². The summed E-state index contributed by atoms with van der Waals surface area (Å²) >= 11 is 0. The van der Waals surface area contributed by atoms with Crippen molar-refractivity contribution < 1.29 is 0 Å². The molecule has 3 aromatic carbocycles. The highest BCUT2D eigenvalue weighted by molar-refractivity contribution is 5.74. The molecule has 0 bridgehead atoms. The van der Waals surface area contributed by atoms with Crippen molar-refractivity contribution in [3.8, 4) is 22.4 Å². The number of nitrogens with zero attached hydrogens (tertiary/aromatic N) is 2. The topological polar surface area (TPSA) is 25.2 Å². The molecule has 2 atom stereocenters. The predicted octanol–water partition coefficient (Wildman–Crippen LogP) is 8.59. The molecule has 4 rings (SSSR count). The summed E-state index contributed by atoms with van der Waals surface area (Å²) in [6, 6.07) is 35.2. The molecule has 1 heterocycles. The van der Waals surface area contributed by atoms with Crippen LogP contribution in [-0.2, 0) is 0 Å². The monoisotopic (exact) mass is 456 g/mol. The van der Waals surface area contributed by atoms with Gasteiger partial charge < -0.3 is 0 Å². The van der Waals surface area contributed by atoms with E-state index in [9.17, 15) is 0 Å². The first kappa shape index (κ1) is 24.1. The summed E-state index contributed by atoms with van der Waals surface area (Å²) in [5.74, 6) is 0.812. The fourth-order valence-corrected chi connectivity index (χ4v) is 4.19. The van der Waals surface area contributed by atoms with Crippen molar-refractivity contribution in [2.24, 2.45) is 16.8 Å². The highest BCUT2D eigenvalue weighted by Gasteiger charge is 2.19. The average molecular weight is 457 g/mol. The predicted molar refractivity (Wildman–Crippen MR) is 150 cm³/mol. The van der Waals surface area contributed by atoms with Crippen molar-refractivity contribution >= 4 is 6.21 Å². The number of hydrogen-bond acceptors (Lipinski definition) is 2. The minimum atomic E-state index is -0.235. The zero-order valence-corrected chi connectivity index (χ0v) is 20.5. The molecule has 0 spiro atoms. The molecular formula is C33H32N2. The normalized spacial score (nSPS) is 13.3. The third-order valence-electron chi connectivity index (χ3n) is 6.16. The number of aromatic nitrogens is 1. The largest absolute Gasteiger partial charge is 0.279 e. The molecule has 0 amide bonds. The molecule has 0 aliphatic carbocycles. The molecule has 1 aromatic heterocycles. The van der Waals surface area contributed by atoms with Gasteiger partial charge in [0.2, 0.25) is 0 Å². The van der Waals surface area contributed by atoms with E-state index in [1.807, 2.05) is 42.6 Å². The van der Waals surface area contributed by atoms with Crippen molar-refractivity contribution in [2.45, 2.75) is 19.9 Å². The molecule has 0 radical (unpaired) electrons. The van der Waals surface area contributed by atoms with E-state index in [4.69, 9.17) is 9.98 Å². The first-order valence-corrected chi connectivity index (χ1v) is 12.2. The van der Waals surface area contributed by atoms with Crippen LogP contribution in [0.3, 0.4) is 0 Å². The minimum absolute atomic E-state index is 0.235. The Balaban J connectivity index is 1.78. The quantitative estimate of drug-likeness (QED) is 0.183. The van der Waals surface area contributed by atoms with Crippen molar-refractivity contribution in [2.75, 3.05) is 0 Å². The van der Waals surface area contributed by atoms with Crippen LogP contribution in [0, 0.1) is 11.8 Å². The number of benzene rings is 3. The maximum atomic E-state index is 5.06. The molecule has 2 unspecified atom stereocenters. The van der Waals surface area contributed by atoms with Gasteiger partial charge in [-0.2, -0.15) is 0 Å². The molecule has 174 valence electrons. The smallest absolute Gasteiger partial charge is 0.117 e. The first-order chi connectivity index (χ1) is 17.2. The lowest BCUT2D eigenvalue weighted by atomic mass is 9.93. The van der Waals surface area contributed by atoms with Gasteiger partial charge in [-0.3, -0.25) is 9.98 Å². The van der Waals surface area contributed by atoms with E-state index in [0.717, 1.165) is 28.1 Å². The van der Waals surface area contributed by atoms with E-state index >= 15 is 0 Å². The van der Waals surface area contributed by atoms with E-state index in [2.05, 4.69) is 105 Å². The fourth-order valence-electron chi connectivity index (χ4n) is 4.19. The first-order valence-electron chi connectivity index (χ1n) is 12.2. The number of rotatable bonds is 9.